The fourth-order valence-corrected chi connectivity index (χ4v) is 2.60. The zero-order chi connectivity index (χ0) is 14.5. The summed E-state index contributed by atoms with van der Waals surface area (Å²) in [4.78, 5) is 6.59. The molecule has 0 atom stereocenters. The molecule has 0 spiro atoms. The van der Waals surface area contributed by atoms with Crippen LogP contribution in [0.2, 0.25) is 0 Å². The number of anilines is 1. The fraction of sp³-hybridized carbons (Fsp3) is 0.353. The molecule has 0 radical (unpaired) electrons. The number of hydrogen-bond acceptors (Lipinski definition) is 4. The fourth-order valence-electron chi connectivity index (χ4n) is 2.60. The average Bonchev–Trinajstić information content (AvgIpc) is 2.54. The number of hydrogen-bond donors (Lipinski definition) is 1. The summed E-state index contributed by atoms with van der Waals surface area (Å²) >= 11 is 0. The van der Waals surface area contributed by atoms with Crippen LogP contribution in [0, 0.1) is 6.92 Å². The Morgan fingerprint density at radius 1 is 1.19 bits per heavy atom. The lowest BCUT2D eigenvalue weighted by Gasteiger charge is -2.30. The monoisotopic (exact) mass is 283 g/mol. The minimum Gasteiger partial charge on any atom is -0.487 e. The smallest absolute Gasteiger partial charge is 0.143 e. The Morgan fingerprint density at radius 3 is 2.81 bits per heavy atom. The second kappa shape index (κ2) is 6.59. The van der Waals surface area contributed by atoms with Gasteiger partial charge in [0.25, 0.3) is 0 Å². The van der Waals surface area contributed by atoms with Crippen LogP contribution in [0.4, 0.5) is 5.69 Å². The third-order valence-electron chi connectivity index (χ3n) is 3.65. The van der Waals surface area contributed by atoms with Crippen LogP contribution in [-0.2, 0) is 6.61 Å². The van der Waals surface area contributed by atoms with E-state index in [1.165, 1.54) is 5.69 Å². The Bertz CT molecular complexity index is 594. The van der Waals surface area contributed by atoms with Crippen LogP contribution in [0.1, 0.15) is 11.1 Å². The summed E-state index contributed by atoms with van der Waals surface area (Å²) in [6, 6.07) is 10.4. The van der Waals surface area contributed by atoms with Crippen molar-refractivity contribution in [3.8, 4) is 5.75 Å². The van der Waals surface area contributed by atoms with Gasteiger partial charge in [-0.25, -0.2) is 0 Å². The van der Waals surface area contributed by atoms with Gasteiger partial charge in [0.15, 0.2) is 0 Å². The molecule has 110 valence electrons. The molecule has 0 amide bonds. The van der Waals surface area contributed by atoms with Crippen molar-refractivity contribution in [3.05, 3.63) is 53.9 Å². The van der Waals surface area contributed by atoms with E-state index in [9.17, 15) is 0 Å². The molecule has 1 saturated heterocycles. The molecule has 1 fully saturated rings. The van der Waals surface area contributed by atoms with E-state index in [4.69, 9.17) is 4.74 Å². The molecule has 0 saturated carbocycles. The van der Waals surface area contributed by atoms with Crippen LogP contribution in [0.15, 0.2) is 42.7 Å². The molecule has 4 nitrogen and oxygen atoms in total. The number of para-hydroxylation sites is 2. The van der Waals surface area contributed by atoms with Crippen molar-refractivity contribution >= 4 is 5.69 Å². The predicted molar refractivity (Wildman–Crippen MR) is 84.8 cm³/mol. The van der Waals surface area contributed by atoms with Crippen molar-refractivity contribution in [1.29, 1.82) is 0 Å². The number of aromatic nitrogens is 1. The molecule has 1 aliphatic rings. The molecule has 0 unspecified atom stereocenters. The summed E-state index contributed by atoms with van der Waals surface area (Å²) in [5, 5.41) is 3.38. The van der Waals surface area contributed by atoms with Crippen LogP contribution < -0.4 is 15.0 Å². The summed E-state index contributed by atoms with van der Waals surface area (Å²) in [5.74, 6) is 0.945. The highest BCUT2D eigenvalue weighted by Crippen LogP contribution is 2.28. The van der Waals surface area contributed by atoms with Crippen molar-refractivity contribution in [2.24, 2.45) is 0 Å². The van der Waals surface area contributed by atoms with Crippen molar-refractivity contribution in [3.63, 3.8) is 0 Å². The van der Waals surface area contributed by atoms with Crippen LogP contribution >= 0.6 is 0 Å². The van der Waals surface area contributed by atoms with E-state index < -0.39 is 0 Å². The summed E-state index contributed by atoms with van der Waals surface area (Å²) in [6.45, 7) is 6.69. The predicted octanol–water partition coefficient (Wildman–Crippen LogP) is 2.38. The molecular formula is C17H21N3O. The normalized spacial score (nSPS) is 15.0. The van der Waals surface area contributed by atoms with Crippen molar-refractivity contribution < 1.29 is 4.74 Å². The van der Waals surface area contributed by atoms with Crippen LogP contribution in [0.25, 0.3) is 0 Å². The molecule has 1 aromatic carbocycles. The van der Waals surface area contributed by atoms with E-state index in [1.807, 2.05) is 31.5 Å². The Labute approximate surface area is 125 Å². The lowest BCUT2D eigenvalue weighted by molar-refractivity contribution is 0.305. The van der Waals surface area contributed by atoms with E-state index in [0.29, 0.717) is 6.61 Å². The first kappa shape index (κ1) is 13.9. The molecule has 4 heteroatoms. The molecule has 0 bridgehead atoms. The van der Waals surface area contributed by atoms with Crippen LogP contribution in [0.3, 0.4) is 0 Å². The zero-order valence-electron chi connectivity index (χ0n) is 12.4. The SMILES string of the molecule is Cc1cncc(COc2ccccc2N2CCNCC2)c1. The van der Waals surface area contributed by atoms with Gasteiger partial charge in [0.2, 0.25) is 0 Å². The van der Waals surface area contributed by atoms with Gasteiger partial charge in [0, 0.05) is 44.1 Å². The van der Waals surface area contributed by atoms with Crippen LogP contribution in [0.5, 0.6) is 5.75 Å². The standard InChI is InChI=1S/C17H21N3O/c1-14-10-15(12-19-11-14)13-21-17-5-3-2-4-16(17)20-8-6-18-7-9-20/h2-5,10-12,18H,6-9,13H2,1H3. The van der Waals surface area contributed by atoms with Gasteiger partial charge in [-0.05, 0) is 30.7 Å². The molecule has 2 heterocycles. The maximum absolute atomic E-state index is 6.03. The lowest BCUT2D eigenvalue weighted by atomic mass is 10.2. The Hall–Kier alpha value is -2.07. The van der Waals surface area contributed by atoms with E-state index in [1.54, 1.807) is 0 Å². The minimum absolute atomic E-state index is 0.553. The Morgan fingerprint density at radius 2 is 2.00 bits per heavy atom. The molecule has 3 rings (SSSR count). The molecule has 2 aromatic rings. The molecule has 1 aliphatic heterocycles. The first-order chi connectivity index (χ1) is 10.3. The average molecular weight is 283 g/mol. The van der Waals surface area contributed by atoms with Crippen LogP contribution in [-0.4, -0.2) is 31.2 Å². The molecule has 21 heavy (non-hydrogen) atoms. The first-order valence-corrected chi connectivity index (χ1v) is 7.41. The van der Waals surface area contributed by atoms with Gasteiger partial charge >= 0.3 is 0 Å². The number of aryl methyl sites for hydroxylation is 1. The largest absolute Gasteiger partial charge is 0.487 e. The van der Waals surface area contributed by atoms with Crippen molar-refractivity contribution in [1.82, 2.24) is 10.3 Å². The van der Waals surface area contributed by atoms with E-state index in [-0.39, 0.29) is 0 Å². The summed E-state index contributed by atoms with van der Waals surface area (Å²) in [5.41, 5.74) is 3.44. The summed E-state index contributed by atoms with van der Waals surface area (Å²) < 4.78 is 6.03. The highest BCUT2D eigenvalue weighted by molar-refractivity contribution is 5.58. The van der Waals surface area contributed by atoms with Gasteiger partial charge in [-0.2, -0.15) is 0 Å². The van der Waals surface area contributed by atoms with Gasteiger partial charge in [0.1, 0.15) is 12.4 Å². The van der Waals surface area contributed by atoms with Gasteiger partial charge < -0.3 is 15.0 Å². The molecular weight excluding hydrogens is 262 g/mol. The number of benzene rings is 1. The maximum Gasteiger partial charge on any atom is 0.143 e. The third kappa shape index (κ3) is 3.52. The highest BCUT2D eigenvalue weighted by Gasteiger charge is 2.14. The first-order valence-electron chi connectivity index (χ1n) is 7.41. The number of nitrogens with one attached hydrogen (secondary N) is 1. The number of piperazine rings is 1. The Balaban J connectivity index is 1.73. The van der Waals surface area contributed by atoms with Gasteiger partial charge in [0.05, 0.1) is 5.69 Å². The number of ether oxygens (including phenoxy) is 1. The quantitative estimate of drug-likeness (QED) is 0.935. The second-order valence-electron chi connectivity index (χ2n) is 5.36. The minimum atomic E-state index is 0.553. The topological polar surface area (TPSA) is 37.4 Å². The number of pyridine rings is 1. The molecule has 0 aliphatic carbocycles. The molecule has 1 aromatic heterocycles. The third-order valence-corrected chi connectivity index (χ3v) is 3.65. The maximum atomic E-state index is 6.03. The lowest BCUT2D eigenvalue weighted by Crippen LogP contribution is -2.43. The van der Waals surface area contributed by atoms with Crippen molar-refractivity contribution in [2.75, 3.05) is 31.1 Å². The summed E-state index contributed by atoms with van der Waals surface area (Å²) in [7, 11) is 0. The van der Waals surface area contributed by atoms with E-state index in [0.717, 1.165) is 43.1 Å². The van der Waals surface area contributed by atoms with E-state index in [2.05, 4.69) is 33.4 Å². The number of rotatable bonds is 4. The van der Waals surface area contributed by atoms with Gasteiger partial charge in [-0.15, -0.1) is 0 Å². The number of nitrogens with zero attached hydrogens (tertiary/aromatic N) is 2. The Kier molecular flexibility index (Phi) is 4.36. The molecule has 1 N–H and O–H groups in total. The van der Waals surface area contributed by atoms with Gasteiger partial charge in [-0.1, -0.05) is 12.1 Å². The van der Waals surface area contributed by atoms with Gasteiger partial charge in [-0.3, -0.25) is 4.98 Å². The van der Waals surface area contributed by atoms with E-state index >= 15 is 0 Å². The zero-order valence-corrected chi connectivity index (χ0v) is 12.4. The summed E-state index contributed by atoms with van der Waals surface area (Å²) in [6.07, 6.45) is 3.72. The second-order valence-corrected chi connectivity index (χ2v) is 5.36. The highest BCUT2D eigenvalue weighted by atomic mass is 16.5. The van der Waals surface area contributed by atoms with Crippen molar-refractivity contribution in [2.45, 2.75) is 13.5 Å².